The number of methoxy groups -OCH3 is 2. The standard InChI is InChI=1S/C16H23NO3/c1-5-13(6-2)17-16(18)8-7-12-9-14(19-3)11-15(10-12)20-4/h7-11,13H,5-6H2,1-4H3,(H,17,18)/b8-7+. The summed E-state index contributed by atoms with van der Waals surface area (Å²) in [5.74, 6) is 1.31. The van der Waals surface area contributed by atoms with Crippen molar-refractivity contribution in [3.05, 3.63) is 29.8 Å². The topological polar surface area (TPSA) is 47.6 Å². The van der Waals surface area contributed by atoms with Gasteiger partial charge in [-0.2, -0.15) is 0 Å². The van der Waals surface area contributed by atoms with Gasteiger partial charge in [-0.3, -0.25) is 4.79 Å². The molecule has 0 saturated carbocycles. The molecule has 0 aliphatic carbocycles. The van der Waals surface area contributed by atoms with E-state index in [4.69, 9.17) is 9.47 Å². The van der Waals surface area contributed by atoms with Crippen molar-refractivity contribution in [1.29, 1.82) is 0 Å². The molecule has 0 aliphatic rings. The molecule has 1 rings (SSSR count). The molecule has 0 radical (unpaired) electrons. The van der Waals surface area contributed by atoms with Crippen LogP contribution in [0.3, 0.4) is 0 Å². The highest BCUT2D eigenvalue weighted by molar-refractivity contribution is 5.92. The molecule has 1 N–H and O–H groups in total. The van der Waals surface area contributed by atoms with Gasteiger partial charge in [-0.05, 0) is 36.6 Å². The average molecular weight is 277 g/mol. The van der Waals surface area contributed by atoms with Crippen LogP contribution in [0.25, 0.3) is 6.08 Å². The number of amides is 1. The molecule has 1 aromatic carbocycles. The van der Waals surface area contributed by atoms with Crippen LogP contribution in [0.5, 0.6) is 11.5 Å². The number of nitrogens with one attached hydrogen (secondary N) is 1. The monoisotopic (exact) mass is 277 g/mol. The lowest BCUT2D eigenvalue weighted by atomic mass is 10.1. The van der Waals surface area contributed by atoms with Crippen LogP contribution in [0.1, 0.15) is 32.3 Å². The summed E-state index contributed by atoms with van der Waals surface area (Å²) in [4.78, 5) is 11.8. The number of carbonyl (C=O) groups is 1. The summed E-state index contributed by atoms with van der Waals surface area (Å²) in [6, 6.07) is 5.72. The second-order valence-electron chi connectivity index (χ2n) is 4.50. The fourth-order valence-corrected chi connectivity index (χ4v) is 1.84. The molecule has 110 valence electrons. The molecule has 1 amide bonds. The molecule has 0 fully saturated rings. The third kappa shape index (κ3) is 4.96. The van der Waals surface area contributed by atoms with Gasteiger partial charge in [-0.25, -0.2) is 0 Å². The number of hydrogen-bond acceptors (Lipinski definition) is 3. The first-order chi connectivity index (χ1) is 9.62. The molecular weight excluding hydrogens is 254 g/mol. The molecule has 0 unspecified atom stereocenters. The molecule has 0 bridgehead atoms. The van der Waals surface area contributed by atoms with Crippen LogP contribution in [-0.2, 0) is 4.79 Å². The van der Waals surface area contributed by atoms with Crippen molar-refractivity contribution < 1.29 is 14.3 Å². The quantitative estimate of drug-likeness (QED) is 0.779. The zero-order valence-electron chi connectivity index (χ0n) is 12.6. The van der Waals surface area contributed by atoms with Crippen molar-refractivity contribution in [3.8, 4) is 11.5 Å². The minimum Gasteiger partial charge on any atom is -0.497 e. The maximum atomic E-state index is 11.8. The Labute approximate surface area is 120 Å². The van der Waals surface area contributed by atoms with E-state index in [2.05, 4.69) is 19.2 Å². The highest BCUT2D eigenvalue weighted by Crippen LogP contribution is 2.23. The molecule has 0 atom stereocenters. The molecule has 4 heteroatoms. The van der Waals surface area contributed by atoms with E-state index < -0.39 is 0 Å². The van der Waals surface area contributed by atoms with Gasteiger partial charge in [0.2, 0.25) is 5.91 Å². The van der Waals surface area contributed by atoms with E-state index in [0.29, 0.717) is 11.5 Å². The summed E-state index contributed by atoms with van der Waals surface area (Å²) in [6.07, 6.45) is 5.15. The Bertz CT molecular complexity index is 443. The molecule has 0 spiro atoms. The van der Waals surface area contributed by atoms with Gasteiger partial charge in [0, 0.05) is 18.2 Å². The average Bonchev–Trinajstić information content (AvgIpc) is 2.50. The summed E-state index contributed by atoms with van der Waals surface area (Å²) >= 11 is 0. The van der Waals surface area contributed by atoms with Gasteiger partial charge in [-0.15, -0.1) is 0 Å². The van der Waals surface area contributed by atoms with Crippen LogP contribution in [0.2, 0.25) is 0 Å². The van der Waals surface area contributed by atoms with Crippen LogP contribution < -0.4 is 14.8 Å². The second-order valence-corrected chi connectivity index (χ2v) is 4.50. The van der Waals surface area contributed by atoms with Crippen LogP contribution >= 0.6 is 0 Å². The van der Waals surface area contributed by atoms with Gasteiger partial charge in [0.25, 0.3) is 0 Å². The Balaban J connectivity index is 2.76. The zero-order chi connectivity index (χ0) is 15.0. The molecule has 0 aliphatic heterocycles. The molecule has 4 nitrogen and oxygen atoms in total. The van der Waals surface area contributed by atoms with Gasteiger partial charge in [-0.1, -0.05) is 13.8 Å². The maximum absolute atomic E-state index is 11.8. The molecule has 0 aromatic heterocycles. The normalized spacial score (nSPS) is 10.8. The van der Waals surface area contributed by atoms with E-state index in [0.717, 1.165) is 18.4 Å². The number of hydrogen-bond donors (Lipinski definition) is 1. The van der Waals surface area contributed by atoms with Crippen LogP contribution in [0.15, 0.2) is 24.3 Å². The minimum absolute atomic E-state index is 0.0829. The van der Waals surface area contributed by atoms with Crippen molar-refractivity contribution in [2.45, 2.75) is 32.7 Å². The van der Waals surface area contributed by atoms with Crippen molar-refractivity contribution in [2.75, 3.05) is 14.2 Å². The fraction of sp³-hybridized carbons (Fsp3) is 0.438. The Morgan fingerprint density at radius 3 is 2.15 bits per heavy atom. The fourth-order valence-electron chi connectivity index (χ4n) is 1.84. The second kappa shape index (κ2) is 8.25. The first kappa shape index (κ1) is 16.1. The van der Waals surface area contributed by atoms with Crippen LogP contribution in [0, 0.1) is 0 Å². The number of benzene rings is 1. The zero-order valence-corrected chi connectivity index (χ0v) is 12.6. The van der Waals surface area contributed by atoms with Gasteiger partial charge in [0.15, 0.2) is 0 Å². The highest BCUT2D eigenvalue weighted by atomic mass is 16.5. The van der Waals surface area contributed by atoms with Gasteiger partial charge < -0.3 is 14.8 Å². The smallest absolute Gasteiger partial charge is 0.244 e. The Morgan fingerprint density at radius 1 is 1.15 bits per heavy atom. The summed E-state index contributed by atoms with van der Waals surface area (Å²) in [5.41, 5.74) is 0.862. The molecule has 1 aromatic rings. The first-order valence-corrected chi connectivity index (χ1v) is 6.84. The molecule has 0 heterocycles. The minimum atomic E-state index is -0.0829. The lowest BCUT2D eigenvalue weighted by Gasteiger charge is -2.12. The van der Waals surface area contributed by atoms with Crippen LogP contribution in [0.4, 0.5) is 0 Å². The van der Waals surface area contributed by atoms with E-state index in [1.165, 1.54) is 6.08 Å². The van der Waals surface area contributed by atoms with E-state index in [9.17, 15) is 4.79 Å². The van der Waals surface area contributed by atoms with Gasteiger partial charge >= 0.3 is 0 Å². The van der Waals surface area contributed by atoms with E-state index in [-0.39, 0.29) is 11.9 Å². The molecule has 20 heavy (non-hydrogen) atoms. The Morgan fingerprint density at radius 2 is 1.70 bits per heavy atom. The lowest BCUT2D eigenvalue weighted by molar-refractivity contribution is -0.117. The Kier molecular flexibility index (Phi) is 6.64. The molecular formula is C16H23NO3. The van der Waals surface area contributed by atoms with Crippen molar-refractivity contribution in [1.82, 2.24) is 5.32 Å². The van der Waals surface area contributed by atoms with Crippen molar-refractivity contribution in [2.24, 2.45) is 0 Å². The van der Waals surface area contributed by atoms with E-state index >= 15 is 0 Å². The Hall–Kier alpha value is -1.97. The summed E-state index contributed by atoms with van der Waals surface area (Å²) < 4.78 is 10.4. The third-order valence-electron chi connectivity index (χ3n) is 3.13. The van der Waals surface area contributed by atoms with Gasteiger partial charge in [0.1, 0.15) is 11.5 Å². The largest absolute Gasteiger partial charge is 0.497 e. The number of ether oxygens (including phenoxy) is 2. The SMILES string of the molecule is CCC(CC)NC(=O)/C=C/c1cc(OC)cc(OC)c1. The number of rotatable bonds is 7. The summed E-state index contributed by atoms with van der Waals surface area (Å²) in [6.45, 7) is 4.12. The maximum Gasteiger partial charge on any atom is 0.244 e. The predicted octanol–water partition coefficient (Wildman–Crippen LogP) is 3.02. The van der Waals surface area contributed by atoms with Crippen LogP contribution in [-0.4, -0.2) is 26.2 Å². The highest BCUT2D eigenvalue weighted by Gasteiger charge is 2.05. The summed E-state index contributed by atoms with van der Waals surface area (Å²) in [5, 5.41) is 2.96. The summed E-state index contributed by atoms with van der Waals surface area (Å²) in [7, 11) is 3.20. The number of carbonyl (C=O) groups excluding carboxylic acids is 1. The van der Waals surface area contributed by atoms with Gasteiger partial charge in [0.05, 0.1) is 14.2 Å². The van der Waals surface area contributed by atoms with Crippen molar-refractivity contribution >= 4 is 12.0 Å². The molecule has 0 saturated heterocycles. The van der Waals surface area contributed by atoms with E-state index in [1.54, 1.807) is 26.4 Å². The predicted molar refractivity (Wildman–Crippen MR) is 81.1 cm³/mol. The third-order valence-corrected chi connectivity index (χ3v) is 3.13. The lowest BCUT2D eigenvalue weighted by Crippen LogP contribution is -2.32. The van der Waals surface area contributed by atoms with E-state index in [1.807, 2.05) is 12.1 Å². The van der Waals surface area contributed by atoms with Crippen molar-refractivity contribution in [3.63, 3.8) is 0 Å². The first-order valence-electron chi connectivity index (χ1n) is 6.84.